The molecule has 5 N–H and O–H groups in total. The standard InChI is InChI=1S/C10H14BrN3O/c1-6-4-7(2-3-8(6)11)14-5-9(12)10(13)15/h2-4,9,14H,5,12H2,1H3,(H2,13,15). The SMILES string of the molecule is Cc1cc(NCC(N)C(N)=O)ccc1Br. The van der Waals surface area contributed by atoms with Crippen LogP contribution in [0.4, 0.5) is 5.69 Å². The first-order chi connectivity index (χ1) is 7.00. The van der Waals surface area contributed by atoms with E-state index in [0.717, 1.165) is 15.7 Å². The highest BCUT2D eigenvalue weighted by molar-refractivity contribution is 9.10. The van der Waals surface area contributed by atoms with Crippen molar-refractivity contribution in [2.24, 2.45) is 11.5 Å². The molecule has 0 aliphatic carbocycles. The van der Waals surface area contributed by atoms with Crippen LogP contribution in [0.25, 0.3) is 0 Å². The molecule has 4 nitrogen and oxygen atoms in total. The molecule has 0 radical (unpaired) electrons. The fourth-order valence-corrected chi connectivity index (χ4v) is 1.33. The van der Waals surface area contributed by atoms with Gasteiger partial charge >= 0.3 is 0 Å². The first kappa shape index (κ1) is 12.0. The Morgan fingerprint density at radius 3 is 2.80 bits per heavy atom. The lowest BCUT2D eigenvalue weighted by molar-refractivity contribution is -0.118. The molecule has 1 amide bonds. The molecular formula is C10H14BrN3O. The third kappa shape index (κ3) is 3.53. The molecule has 15 heavy (non-hydrogen) atoms. The van der Waals surface area contributed by atoms with Crippen molar-refractivity contribution < 1.29 is 4.79 Å². The summed E-state index contributed by atoms with van der Waals surface area (Å²) < 4.78 is 1.05. The number of primary amides is 1. The number of aryl methyl sites for hydroxylation is 1. The molecule has 0 aromatic heterocycles. The molecule has 0 spiro atoms. The van der Waals surface area contributed by atoms with E-state index in [0.29, 0.717) is 6.54 Å². The summed E-state index contributed by atoms with van der Waals surface area (Å²) in [6, 6.07) is 5.16. The molecule has 0 aliphatic rings. The first-order valence-electron chi connectivity index (χ1n) is 4.55. The van der Waals surface area contributed by atoms with Crippen molar-refractivity contribution in [3.63, 3.8) is 0 Å². The van der Waals surface area contributed by atoms with Gasteiger partial charge in [0.1, 0.15) is 6.04 Å². The Kier molecular flexibility index (Phi) is 4.11. The number of carbonyl (C=O) groups excluding carboxylic acids is 1. The highest BCUT2D eigenvalue weighted by Crippen LogP contribution is 2.19. The smallest absolute Gasteiger partial charge is 0.236 e. The largest absolute Gasteiger partial charge is 0.383 e. The molecule has 0 fully saturated rings. The molecule has 5 heteroatoms. The van der Waals surface area contributed by atoms with Gasteiger partial charge in [-0.1, -0.05) is 15.9 Å². The molecule has 1 atom stereocenters. The summed E-state index contributed by atoms with van der Waals surface area (Å²) in [5.74, 6) is -0.503. The molecule has 0 bridgehead atoms. The predicted molar refractivity (Wildman–Crippen MR) is 64.5 cm³/mol. The minimum absolute atomic E-state index is 0.344. The second-order valence-electron chi connectivity index (χ2n) is 3.35. The lowest BCUT2D eigenvalue weighted by Gasteiger charge is -2.11. The summed E-state index contributed by atoms with van der Waals surface area (Å²) in [7, 11) is 0. The normalized spacial score (nSPS) is 12.2. The zero-order valence-electron chi connectivity index (χ0n) is 8.46. The number of hydrogen-bond acceptors (Lipinski definition) is 3. The van der Waals surface area contributed by atoms with Crippen molar-refractivity contribution >= 4 is 27.5 Å². The summed E-state index contributed by atoms with van der Waals surface area (Å²) in [5, 5.41) is 3.05. The van der Waals surface area contributed by atoms with Gasteiger partial charge in [0.25, 0.3) is 0 Å². The predicted octanol–water partition coefficient (Wildman–Crippen LogP) is 0.982. The van der Waals surface area contributed by atoms with E-state index in [1.165, 1.54) is 0 Å². The number of rotatable bonds is 4. The van der Waals surface area contributed by atoms with Crippen LogP contribution >= 0.6 is 15.9 Å². The molecule has 1 rings (SSSR count). The topological polar surface area (TPSA) is 81.1 Å². The third-order valence-electron chi connectivity index (χ3n) is 2.05. The summed E-state index contributed by atoms with van der Waals surface area (Å²) in [6.45, 7) is 2.33. The van der Waals surface area contributed by atoms with E-state index >= 15 is 0 Å². The van der Waals surface area contributed by atoms with Crippen LogP contribution in [0.1, 0.15) is 5.56 Å². The molecule has 82 valence electrons. The van der Waals surface area contributed by atoms with Crippen LogP contribution in [0.5, 0.6) is 0 Å². The summed E-state index contributed by atoms with van der Waals surface area (Å²) in [5.41, 5.74) is 12.6. The fourth-order valence-electron chi connectivity index (χ4n) is 1.08. The van der Waals surface area contributed by atoms with Gasteiger partial charge in [-0.05, 0) is 30.7 Å². The van der Waals surface area contributed by atoms with Crippen LogP contribution in [0.2, 0.25) is 0 Å². The van der Waals surface area contributed by atoms with Gasteiger partial charge in [-0.25, -0.2) is 0 Å². The van der Waals surface area contributed by atoms with Crippen molar-refractivity contribution in [2.75, 3.05) is 11.9 Å². The Balaban J connectivity index is 2.58. The molecule has 0 saturated carbocycles. The van der Waals surface area contributed by atoms with Gasteiger partial charge in [0, 0.05) is 16.7 Å². The molecule has 1 aromatic carbocycles. The molecule has 0 heterocycles. The van der Waals surface area contributed by atoms with Crippen LogP contribution < -0.4 is 16.8 Å². The van der Waals surface area contributed by atoms with E-state index in [2.05, 4.69) is 21.2 Å². The van der Waals surface area contributed by atoms with Gasteiger partial charge in [-0.2, -0.15) is 0 Å². The van der Waals surface area contributed by atoms with Crippen molar-refractivity contribution in [1.29, 1.82) is 0 Å². The Morgan fingerprint density at radius 2 is 2.27 bits per heavy atom. The summed E-state index contributed by atoms with van der Waals surface area (Å²) in [6.07, 6.45) is 0. The lowest BCUT2D eigenvalue weighted by Crippen LogP contribution is -2.41. The first-order valence-corrected chi connectivity index (χ1v) is 5.35. The number of benzene rings is 1. The number of hydrogen-bond donors (Lipinski definition) is 3. The maximum Gasteiger partial charge on any atom is 0.236 e. The van der Waals surface area contributed by atoms with Gasteiger partial charge in [0.05, 0.1) is 0 Å². The van der Waals surface area contributed by atoms with Crippen molar-refractivity contribution in [1.82, 2.24) is 0 Å². The van der Waals surface area contributed by atoms with E-state index in [9.17, 15) is 4.79 Å². The number of anilines is 1. The number of carbonyl (C=O) groups is 1. The number of amides is 1. The number of nitrogens with two attached hydrogens (primary N) is 2. The van der Waals surface area contributed by atoms with Gasteiger partial charge in [-0.3, -0.25) is 4.79 Å². The molecule has 0 saturated heterocycles. The van der Waals surface area contributed by atoms with Crippen molar-refractivity contribution in [2.45, 2.75) is 13.0 Å². The Labute approximate surface area is 97.1 Å². The van der Waals surface area contributed by atoms with E-state index in [1.54, 1.807) is 0 Å². The Bertz CT molecular complexity index is 368. The molecular weight excluding hydrogens is 258 g/mol. The third-order valence-corrected chi connectivity index (χ3v) is 2.94. The van der Waals surface area contributed by atoms with Crippen LogP contribution in [-0.2, 0) is 4.79 Å². The van der Waals surface area contributed by atoms with Crippen molar-refractivity contribution in [3.05, 3.63) is 28.2 Å². The lowest BCUT2D eigenvalue weighted by atomic mass is 10.2. The fraction of sp³-hybridized carbons (Fsp3) is 0.300. The summed E-state index contributed by atoms with van der Waals surface area (Å²) >= 11 is 3.41. The monoisotopic (exact) mass is 271 g/mol. The van der Waals surface area contributed by atoms with Gasteiger partial charge in [0.15, 0.2) is 0 Å². The maximum atomic E-state index is 10.7. The van der Waals surface area contributed by atoms with Gasteiger partial charge in [-0.15, -0.1) is 0 Å². The molecule has 1 unspecified atom stereocenters. The second kappa shape index (κ2) is 5.14. The minimum Gasteiger partial charge on any atom is -0.383 e. The average Bonchev–Trinajstić information content (AvgIpc) is 2.19. The van der Waals surface area contributed by atoms with E-state index < -0.39 is 11.9 Å². The Morgan fingerprint density at radius 1 is 1.60 bits per heavy atom. The highest BCUT2D eigenvalue weighted by Gasteiger charge is 2.08. The molecule has 1 aromatic rings. The van der Waals surface area contributed by atoms with Gasteiger partial charge < -0.3 is 16.8 Å². The van der Waals surface area contributed by atoms with E-state index in [1.807, 2.05) is 25.1 Å². The highest BCUT2D eigenvalue weighted by atomic mass is 79.9. The minimum atomic E-state index is -0.658. The average molecular weight is 272 g/mol. The van der Waals surface area contributed by atoms with Crippen LogP contribution in [0, 0.1) is 6.92 Å². The van der Waals surface area contributed by atoms with Gasteiger partial charge in [0.2, 0.25) is 5.91 Å². The van der Waals surface area contributed by atoms with Crippen LogP contribution in [-0.4, -0.2) is 18.5 Å². The number of halogens is 1. The van der Waals surface area contributed by atoms with Crippen LogP contribution in [0.3, 0.4) is 0 Å². The molecule has 0 aliphatic heterocycles. The second-order valence-corrected chi connectivity index (χ2v) is 4.21. The van der Waals surface area contributed by atoms with Crippen molar-refractivity contribution in [3.8, 4) is 0 Å². The van der Waals surface area contributed by atoms with E-state index in [4.69, 9.17) is 11.5 Å². The summed E-state index contributed by atoms with van der Waals surface area (Å²) in [4.78, 5) is 10.7. The Hall–Kier alpha value is -1.07. The zero-order chi connectivity index (χ0) is 11.4. The van der Waals surface area contributed by atoms with E-state index in [-0.39, 0.29) is 0 Å². The quantitative estimate of drug-likeness (QED) is 0.764. The van der Waals surface area contributed by atoms with Crippen LogP contribution in [0.15, 0.2) is 22.7 Å². The zero-order valence-corrected chi connectivity index (χ0v) is 10.0. The number of nitrogens with one attached hydrogen (secondary N) is 1. The maximum absolute atomic E-state index is 10.7.